The van der Waals surface area contributed by atoms with Gasteiger partial charge in [0.15, 0.2) is 0 Å². The number of aliphatic hydroxyl groups is 1. The van der Waals surface area contributed by atoms with Crippen molar-refractivity contribution < 1.29 is 32.6 Å². The smallest absolute Gasteiger partial charge is 0.337 e. The van der Waals surface area contributed by atoms with Crippen molar-refractivity contribution in [2.75, 3.05) is 44.0 Å². The van der Waals surface area contributed by atoms with E-state index in [1.807, 2.05) is 0 Å². The van der Waals surface area contributed by atoms with Gasteiger partial charge in [-0.2, -0.15) is 0 Å². The minimum atomic E-state index is -3.95. The summed E-state index contributed by atoms with van der Waals surface area (Å²) < 4.78 is 37.2. The average Bonchev–Trinajstić information content (AvgIpc) is 3.09. The second-order valence-corrected chi connectivity index (χ2v) is 8.18. The van der Waals surface area contributed by atoms with Crippen LogP contribution in [0.1, 0.15) is 0 Å². The first-order chi connectivity index (χ1) is 15.3. The Hall–Kier alpha value is -3.71. The lowest BCUT2D eigenvalue weighted by atomic mass is 10.2. The summed E-state index contributed by atoms with van der Waals surface area (Å²) in [6.45, 7) is -0.209. The van der Waals surface area contributed by atoms with Gasteiger partial charge in [0.05, 0.1) is 37.8 Å². The summed E-state index contributed by atoms with van der Waals surface area (Å²) in [4.78, 5) is 33.5. The third-order valence-corrected chi connectivity index (χ3v) is 5.85. The van der Waals surface area contributed by atoms with Crippen molar-refractivity contribution in [2.45, 2.75) is 4.90 Å². The fourth-order valence-corrected chi connectivity index (χ4v) is 3.91. The number of rotatable bonds is 9. The van der Waals surface area contributed by atoms with E-state index in [4.69, 9.17) is 14.6 Å². The maximum absolute atomic E-state index is 12.6. The third kappa shape index (κ3) is 4.95. The molecule has 0 radical (unpaired) electrons. The number of hydrogen-bond acceptors (Lipinski definition) is 10. The molecule has 3 rings (SSSR count). The Balaban J connectivity index is 1.80. The van der Waals surface area contributed by atoms with Crippen LogP contribution in [0, 0.1) is 0 Å². The van der Waals surface area contributed by atoms with Gasteiger partial charge in [-0.05, 0) is 24.3 Å². The van der Waals surface area contributed by atoms with Crippen LogP contribution in [0.15, 0.2) is 52.8 Å². The van der Waals surface area contributed by atoms with Gasteiger partial charge in [-0.25, -0.2) is 23.2 Å². The van der Waals surface area contributed by atoms with E-state index in [9.17, 15) is 18.0 Å². The summed E-state index contributed by atoms with van der Waals surface area (Å²) >= 11 is 0. The molecule has 1 aromatic heterocycles. The van der Waals surface area contributed by atoms with Gasteiger partial charge in [0, 0.05) is 18.3 Å². The number of amides is 1. The SMILES string of the molecule is COC(=O)C1=C(Nc2ccc(S(=O)(=O)Nc3cc(OC)ncn3)cc2)C(=O)N(CCO)C1. The van der Waals surface area contributed by atoms with Gasteiger partial charge in [0.2, 0.25) is 5.88 Å². The molecule has 0 fully saturated rings. The van der Waals surface area contributed by atoms with Crippen LogP contribution >= 0.6 is 0 Å². The zero-order valence-electron chi connectivity index (χ0n) is 17.2. The van der Waals surface area contributed by atoms with Crippen molar-refractivity contribution >= 4 is 33.4 Å². The predicted octanol–water partition coefficient (Wildman–Crippen LogP) is -0.0405. The van der Waals surface area contributed by atoms with E-state index in [1.54, 1.807) is 0 Å². The summed E-state index contributed by atoms with van der Waals surface area (Å²) in [6, 6.07) is 6.87. The molecule has 2 heterocycles. The summed E-state index contributed by atoms with van der Waals surface area (Å²) in [7, 11) is -1.36. The van der Waals surface area contributed by atoms with E-state index < -0.39 is 21.9 Å². The Labute approximate surface area is 183 Å². The van der Waals surface area contributed by atoms with E-state index in [2.05, 4.69) is 20.0 Å². The fraction of sp³-hybridized carbons (Fsp3) is 0.263. The molecule has 0 saturated heterocycles. The van der Waals surface area contributed by atoms with Crippen LogP contribution in [0.4, 0.5) is 11.5 Å². The number of carbonyl (C=O) groups is 2. The second-order valence-electron chi connectivity index (χ2n) is 6.50. The van der Waals surface area contributed by atoms with Gasteiger partial charge >= 0.3 is 5.97 Å². The van der Waals surface area contributed by atoms with Gasteiger partial charge in [0.25, 0.3) is 15.9 Å². The minimum Gasteiger partial charge on any atom is -0.481 e. The highest BCUT2D eigenvalue weighted by Gasteiger charge is 2.34. The first-order valence-corrected chi connectivity index (χ1v) is 10.7. The number of methoxy groups -OCH3 is 2. The fourth-order valence-electron chi connectivity index (χ4n) is 2.91. The number of nitrogens with zero attached hydrogens (tertiary/aromatic N) is 3. The molecule has 1 aromatic carbocycles. The van der Waals surface area contributed by atoms with Crippen LogP contribution in [-0.4, -0.2) is 74.2 Å². The van der Waals surface area contributed by atoms with Crippen molar-refractivity contribution in [2.24, 2.45) is 0 Å². The Bertz CT molecular complexity index is 1150. The maximum atomic E-state index is 12.6. The van der Waals surface area contributed by atoms with Crippen LogP contribution in [0.3, 0.4) is 0 Å². The van der Waals surface area contributed by atoms with Crippen molar-refractivity contribution in [1.29, 1.82) is 0 Å². The van der Waals surface area contributed by atoms with Gasteiger partial charge < -0.3 is 24.8 Å². The number of esters is 1. The van der Waals surface area contributed by atoms with E-state index in [1.165, 1.54) is 49.5 Å². The van der Waals surface area contributed by atoms with Crippen molar-refractivity contribution in [3.63, 3.8) is 0 Å². The quantitative estimate of drug-likeness (QED) is 0.431. The monoisotopic (exact) mass is 463 g/mol. The van der Waals surface area contributed by atoms with E-state index in [-0.39, 0.29) is 47.6 Å². The minimum absolute atomic E-state index is 0.00659. The molecule has 0 atom stereocenters. The highest BCUT2D eigenvalue weighted by Crippen LogP contribution is 2.24. The summed E-state index contributed by atoms with van der Waals surface area (Å²) in [6.07, 6.45) is 1.16. The lowest BCUT2D eigenvalue weighted by molar-refractivity contribution is -0.136. The second kappa shape index (κ2) is 9.62. The Morgan fingerprint density at radius 2 is 1.94 bits per heavy atom. The van der Waals surface area contributed by atoms with Gasteiger partial charge in [-0.15, -0.1) is 0 Å². The lowest BCUT2D eigenvalue weighted by Crippen LogP contribution is -2.31. The Morgan fingerprint density at radius 3 is 2.56 bits per heavy atom. The topological polar surface area (TPSA) is 160 Å². The number of benzene rings is 1. The van der Waals surface area contributed by atoms with Crippen molar-refractivity contribution in [1.82, 2.24) is 14.9 Å². The molecule has 170 valence electrons. The molecule has 0 saturated carbocycles. The Morgan fingerprint density at radius 1 is 1.22 bits per heavy atom. The van der Waals surface area contributed by atoms with Crippen molar-refractivity contribution in [3.8, 4) is 5.88 Å². The third-order valence-electron chi connectivity index (χ3n) is 4.48. The highest BCUT2D eigenvalue weighted by atomic mass is 32.2. The number of nitrogens with one attached hydrogen (secondary N) is 2. The maximum Gasteiger partial charge on any atom is 0.337 e. The summed E-state index contributed by atoms with van der Waals surface area (Å²) in [5.41, 5.74) is 0.498. The zero-order chi connectivity index (χ0) is 23.3. The Kier molecular flexibility index (Phi) is 6.90. The zero-order valence-corrected chi connectivity index (χ0v) is 18.0. The lowest BCUT2D eigenvalue weighted by Gasteiger charge is -2.15. The van der Waals surface area contributed by atoms with Crippen LogP contribution in [0.5, 0.6) is 5.88 Å². The molecule has 0 unspecified atom stereocenters. The molecule has 1 amide bonds. The molecule has 32 heavy (non-hydrogen) atoms. The normalized spacial score (nSPS) is 13.8. The van der Waals surface area contributed by atoms with Crippen LogP contribution < -0.4 is 14.8 Å². The van der Waals surface area contributed by atoms with E-state index >= 15 is 0 Å². The van der Waals surface area contributed by atoms with E-state index in [0.29, 0.717) is 5.69 Å². The molecule has 12 nitrogen and oxygen atoms in total. The highest BCUT2D eigenvalue weighted by molar-refractivity contribution is 7.92. The van der Waals surface area contributed by atoms with Crippen molar-refractivity contribution in [3.05, 3.63) is 47.9 Å². The summed E-state index contributed by atoms with van der Waals surface area (Å²) in [5, 5.41) is 12.0. The molecular weight excluding hydrogens is 442 g/mol. The number of aliphatic hydroxyl groups excluding tert-OH is 1. The van der Waals surface area contributed by atoms with Crippen LogP contribution in [0.2, 0.25) is 0 Å². The first-order valence-electron chi connectivity index (χ1n) is 9.26. The van der Waals surface area contributed by atoms with Gasteiger partial charge in [-0.1, -0.05) is 0 Å². The molecular formula is C19H21N5O7S. The van der Waals surface area contributed by atoms with Crippen LogP contribution in [0.25, 0.3) is 0 Å². The standard InChI is InChI=1S/C19H21N5O7S/c1-30-16-9-15(20-11-21-16)23-32(28,29)13-5-3-12(4-6-13)22-17-14(19(27)31-2)10-24(7-8-25)18(17)26/h3-6,9,11,22,25H,7-8,10H2,1-2H3,(H,20,21,23). The molecule has 0 aliphatic carbocycles. The molecule has 0 spiro atoms. The number of ether oxygens (including phenoxy) is 2. The van der Waals surface area contributed by atoms with Crippen LogP contribution in [-0.2, 0) is 24.3 Å². The number of β-amino-alcohol motifs (C(OH)–C–C–N with tert-alkyl or cyclic N) is 1. The number of aromatic nitrogens is 2. The molecule has 1 aliphatic heterocycles. The predicted molar refractivity (Wildman–Crippen MR) is 112 cm³/mol. The number of anilines is 2. The van der Waals surface area contributed by atoms with Gasteiger partial charge in [-0.3, -0.25) is 9.52 Å². The van der Waals surface area contributed by atoms with E-state index in [0.717, 1.165) is 6.33 Å². The van der Waals surface area contributed by atoms with Gasteiger partial charge in [0.1, 0.15) is 17.8 Å². The number of carbonyl (C=O) groups excluding carboxylic acids is 2. The molecule has 2 aromatic rings. The summed E-state index contributed by atoms with van der Waals surface area (Å²) in [5.74, 6) is -0.920. The molecule has 13 heteroatoms. The molecule has 0 bridgehead atoms. The average molecular weight is 463 g/mol. The largest absolute Gasteiger partial charge is 0.481 e. The number of sulfonamides is 1. The molecule has 3 N–H and O–H groups in total. The number of hydrogen-bond donors (Lipinski definition) is 3. The first kappa shape index (κ1) is 23.0. The molecule has 1 aliphatic rings.